The predicted octanol–water partition coefficient (Wildman–Crippen LogP) is 2.86. The molecular weight excluding hydrogens is 302 g/mol. The zero-order chi connectivity index (χ0) is 16.7. The van der Waals surface area contributed by atoms with Crippen LogP contribution in [0.4, 0.5) is 5.82 Å². The average molecular weight is 323 g/mol. The molecule has 6 nitrogen and oxygen atoms in total. The van der Waals surface area contributed by atoms with E-state index in [-0.39, 0.29) is 12.1 Å². The standard InChI is InChI=1S/C18H21N5O/c1-11-2-4-12(5-3-11)16-15-17(19)20-10-21-18(15)23(22-16)13-6-8-14(24)9-7-13/h2-5,10,13-14,24H,6-9H2,1H3,(H2,19,20,21). The van der Waals surface area contributed by atoms with Crippen LogP contribution in [0.2, 0.25) is 0 Å². The van der Waals surface area contributed by atoms with Crippen LogP contribution in [0.25, 0.3) is 22.3 Å². The number of nitrogens with two attached hydrogens (primary N) is 1. The van der Waals surface area contributed by atoms with Gasteiger partial charge in [0.05, 0.1) is 17.5 Å². The molecule has 0 radical (unpaired) electrons. The lowest BCUT2D eigenvalue weighted by molar-refractivity contribution is 0.109. The van der Waals surface area contributed by atoms with Crippen molar-refractivity contribution in [2.75, 3.05) is 5.73 Å². The summed E-state index contributed by atoms with van der Waals surface area (Å²) < 4.78 is 1.98. The SMILES string of the molecule is Cc1ccc(-c2nn(C3CCC(O)CC3)c3ncnc(N)c23)cc1. The minimum absolute atomic E-state index is 0.195. The molecule has 0 unspecified atom stereocenters. The number of aliphatic hydroxyl groups is 1. The van der Waals surface area contributed by atoms with Crippen LogP contribution < -0.4 is 5.73 Å². The summed E-state index contributed by atoms with van der Waals surface area (Å²) >= 11 is 0. The van der Waals surface area contributed by atoms with E-state index in [0.717, 1.165) is 48.0 Å². The first-order chi connectivity index (χ1) is 11.6. The van der Waals surface area contributed by atoms with E-state index in [0.29, 0.717) is 5.82 Å². The first-order valence-electron chi connectivity index (χ1n) is 8.37. The quantitative estimate of drug-likeness (QED) is 0.757. The van der Waals surface area contributed by atoms with Gasteiger partial charge >= 0.3 is 0 Å². The fourth-order valence-corrected chi connectivity index (χ4v) is 3.47. The Morgan fingerprint density at radius 2 is 1.79 bits per heavy atom. The molecule has 1 aliphatic rings. The van der Waals surface area contributed by atoms with Crippen LogP contribution >= 0.6 is 0 Å². The molecular formula is C18H21N5O. The molecule has 3 N–H and O–H groups in total. The number of hydrogen-bond donors (Lipinski definition) is 2. The summed E-state index contributed by atoms with van der Waals surface area (Å²) in [4.78, 5) is 8.60. The number of aryl methyl sites for hydroxylation is 1. The summed E-state index contributed by atoms with van der Waals surface area (Å²) in [5.74, 6) is 0.456. The third-order valence-corrected chi connectivity index (χ3v) is 4.86. The van der Waals surface area contributed by atoms with E-state index in [4.69, 9.17) is 10.8 Å². The minimum atomic E-state index is -0.195. The summed E-state index contributed by atoms with van der Waals surface area (Å²) in [5.41, 5.74) is 9.97. The van der Waals surface area contributed by atoms with Crippen LogP contribution in [0.1, 0.15) is 37.3 Å². The van der Waals surface area contributed by atoms with E-state index in [1.165, 1.54) is 11.9 Å². The van der Waals surface area contributed by atoms with Gasteiger partial charge in [-0.25, -0.2) is 14.6 Å². The molecule has 4 rings (SSSR count). The Morgan fingerprint density at radius 1 is 1.08 bits per heavy atom. The number of rotatable bonds is 2. The van der Waals surface area contributed by atoms with Crippen molar-refractivity contribution in [3.63, 3.8) is 0 Å². The van der Waals surface area contributed by atoms with Crippen molar-refractivity contribution in [1.29, 1.82) is 0 Å². The number of aliphatic hydroxyl groups excluding tert-OH is 1. The first kappa shape index (κ1) is 15.1. The summed E-state index contributed by atoms with van der Waals surface area (Å²) in [6.07, 6.45) is 4.69. The topological polar surface area (TPSA) is 89.8 Å². The maximum Gasteiger partial charge on any atom is 0.164 e. The lowest BCUT2D eigenvalue weighted by Crippen LogP contribution is -2.22. The lowest BCUT2D eigenvalue weighted by Gasteiger charge is -2.25. The highest BCUT2D eigenvalue weighted by Gasteiger charge is 2.26. The molecule has 0 atom stereocenters. The van der Waals surface area contributed by atoms with E-state index in [1.54, 1.807) is 0 Å². The predicted molar refractivity (Wildman–Crippen MR) is 93.4 cm³/mol. The molecule has 1 aliphatic carbocycles. The second-order valence-electron chi connectivity index (χ2n) is 6.58. The molecule has 2 aromatic heterocycles. The largest absolute Gasteiger partial charge is 0.393 e. The van der Waals surface area contributed by atoms with Gasteiger partial charge in [0.1, 0.15) is 17.8 Å². The Balaban J connectivity index is 1.87. The van der Waals surface area contributed by atoms with E-state index in [9.17, 15) is 5.11 Å². The summed E-state index contributed by atoms with van der Waals surface area (Å²) in [6, 6.07) is 8.48. The Hall–Kier alpha value is -2.47. The van der Waals surface area contributed by atoms with Gasteiger partial charge in [-0.1, -0.05) is 29.8 Å². The van der Waals surface area contributed by atoms with E-state index in [2.05, 4.69) is 41.2 Å². The maximum absolute atomic E-state index is 9.77. The van der Waals surface area contributed by atoms with Crippen molar-refractivity contribution in [3.05, 3.63) is 36.2 Å². The van der Waals surface area contributed by atoms with Crippen LogP contribution in [-0.2, 0) is 0 Å². The highest BCUT2D eigenvalue weighted by Crippen LogP contribution is 2.35. The molecule has 1 aromatic carbocycles. The van der Waals surface area contributed by atoms with E-state index >= 15 is 0 Å². The third kappa shape index (κ3) is 2.53. The summed E-state index contributed by atoms with van der Waals surface area (Å²) in [7, 11) is 0. The Kier molecular flexibility index (Phi) is 3.69. The molecule has 1 fully saturated rings. The molecule has 0 amide bonds. The van der Waals surface area contributed by atoms with Gasteiger partial charge in [0, 0.05) is 5.56 Å². The molecule has 0 bridgehead atoms. The number of nitrogens with zero attached hydrogens (tertiary/aromatic N) is 4. The van der Waals surface area contributed by atoms with Crippen LogP contribution in [0.3, 0.4) is 0 Å². The van der Waals surface area contributed by atoms with Gasteiger partial charge in [-0.2, -0.15) is 5.10 Å². The van der Waals surface area contributed by atoms with Crippen molar-refractivity contribution < 1.29 is 5.11 Å². The normalized spacial score (nSPS) is 21.2. The zero-order valence-corrected chi connectivity index (χ0v) is 13.7. The Labute approximate surface area is 140 Å². The molecule has 2 heterocycles. The number of aromatic nitrogens is 4. The fraction of sp³-hybridized carbons (Fsp3) is 0.389. The highest BCUT2D eigenvalue weighted by atomic mass is 16.3. The minimum Gasteiger partial charge on any atom is -0.393 e. The molecule has 124 valence electrons. The number of benzene rings is 1. The van der Waals surface area contributed by atoms with Crippen molar-refractivity contribution in [2.45, 2.75) is 44.8 Å². The average Bonchev–Trinajstić information content (AvgIpc) is 2.97. The van der Waals surface area contributed by atoms with Crippen LogP contribution in [-0.4, -0.2) is 31.0 Å². The Morgan fingerprint density at radius 3 is 2.50 bits per heavy atom. The second kappa shape index (κ2) is 5.87. The number of anilines is 1. The van der Waals surface area contributed by atoms with Gasteiger partial charge in [-0.3, -0.25) is 0 Å². The molecule has 0 aliphatic heterocycles. The van der Waals surface area contributed by atoms with Crippen molar-refractivity contribution in [2.24, 2.45) is 0 Å². The van der Waals surface area contributed by atoms with Gasteiger partial charge in [-0.05, 0) is 32.6 Å². The monoisotopic (exact) mass is 323 g/mol. The van der Waals surface area contributed by atoms with Crippen molar-refractivity contribution in [3.8, 4) is 11.3 Å². The molecule has 3 aromatic rings. The zero-order valence-electron chi connectivity index (χ0n) is 13.7. The van der Waals surface area contributed by atoms with Gasteiger partial charge in [0.15, 0.2) is 5.65 Å². The molecule has 6 heteroatoms. The maximum atomic E-state index is 9.77. The molecule has 0 saturated heterocycles. The molecule has 0 spiro atoms. The molecule has 24 heavy (non-hydrogen) atoms. The highest BCUT2D eigenvalue weighted by molar-refractivity contribution is 5.98. The number of hydrogen-bond acceptors (Lipinski definition) is 5. The number of nitrogen functional groups attached to an aromatic ring is 1. The smallest absolute Gasteiger partial charge is 0.164 e. The van der Waals surface area contributed by atoms with E-state index in [1.807, 2.05) is 4.68 Å². The van der Waals surface area contributed by atoms with Crippen molar-refractivity contribution >= 4 is 16.9 Å². The fourth-order valence-electron chi connectivity index (χ4n) is 3.47. The van der Waals surface area contributed by atoms with Crippen molar-refractivity contribution in [1.82, 2.24) is 19.7 Å². The number of fused-ring (bicyclic) bond motifs is 1. The summed E-state index contributed by atoms with van der Waals surface area (Å²) in [5, 5.41) is 15.4. The Bertz CT molecular complexity index is 863. The molecule has 1 saturated carbocycles. The van der Waals surface area contributed by atoms with Crippen LogP contribution in [0, 0.1) is 6.92 Å². The lowest BCUT2D eigenvalue weighted by atomic mass is 9.93. The first-order valence-corrected chi connectivity index (χ1v) is 8.37. The van der Waals surface area contributed by atoms with Gasteiger partial charge < -0.3 is 10.8 Å². The summed E-state index contributed by atoms with van der Waals surface area (Å²) in [6.45, 7) is 2.06. The van der Waals surface area contributed by atoms with Crippen LogP contribution in [0.5, 0.6) is 0 Å². The van der Waals surface area contributed by atoms with Crippen LogP contribution in [0.15, 0.2) is 30.6 Å². The third-order valence-electron chi connectivity index (χ3n) is 4.86. The van der Waals surface area contributed by atoms with Gasteiger partial charge in [0.2, 0.25) is 0 Å². The van der Waals surface area contributed by atoms with Gasteiger partial charge in [-0.15, -0.1) is 0 Å². The second-order valence-corrected chi connectivity index (χ2v) is 6.58. The van der Waals surface area contributed by atoms with E-state index < -0.39 is 0 Å². The van der Waals surface area contributed by atoms with Gasteiger partial charge in [0.25, 0.3) is 0 Å².